The number of likely N-dealkylation sites (N-methyl/N-ethyl adjacent to an activating group) is 2. The minimum atomic E-state index is 0.561. The fraction of sp³-hybridized carbons (Fsp3) is 0.778. The molecule has 5 nitrogen and oxygen atoms in total. The van der Waals surface area contributed by atoms with E-state index in [1.54, 1.807) is 0 Å². The third-order valence-electron chi connectivity index (χ3n) is 5.03. The second kappa shape index (κ2) is 7.58. The Balaban J connectivity index is 1.91. The molecular weight excluding hydrogens is 288 g/mol. The topological polar surface area (TPSA) is 41.5 Å². The molecule has 128 valence electrons. The minimum absolute atomic E-state index is 0.561. The second-order valence-corrected chi connectivity index (χ2v) is 7.15. The molecule has 0 unspecified atom stereocenters. The van der Waals surface area contributed by atoms with Crippen LogP contribution in [-0.2, 0) is 17.6 Å². The molecule has 0 amide bonds. The average molecular weight is 318 g/mol. The molecule has 1 saturated carbocycles. The monoisotopic (exact) mass is 318 g/mol. The largest absolute Gasteiger partial charge is 0.381 e. The van der Waals surface area contributed by atoms with Crippen LogP contribution in [0.2, 0.25) is 0 Å². The van der Waals surface area contributed by atoms with Gasteiger partial charge in [-0.1, -0.05) is 12.8 Å². The van der Waals surface area contributed by atoms with Crippen LogP contribution >= 0.6 is 0 Å². The molecule has 0 bridgehead atoms. The molecule has 1 fully saturated rings. The Bertz CT molecular complexity index is 526. The van der Waals surface area contributed by atoms with Crippen molar-refractivity contribution in [1.82, 2.24) is 14.9 Å². The molecule has 0 saturated heterocycles. The van der Waals surface area contributed by atoms with Crippen molar-refractivity contribution >= 4 is 5.82 Å². The van der Waals surface area contributed by atoms with Gasteiger partial charge in [0.1, 0.15) is 11.6 Å². The summed E-state index contributed by atoms with van der Waals surface area (Å²) in [6.45, 7) is 3.59. The predicted octanol–water partition coefficient (Wildman–Crippen LogP) is 2.25. The zero-order valence-corrected chi connectivity index (χ0v) is 14.8. The lowest BCUT2D eigenvalue weighted by Gasteiger charge is -2.25. The second-order valence-electron chi connectivity index (χ2n) is 7.15. The summed E-state index contributed by atoms with van der Waals surface area (Å²) in [6, 6.07) is 0. The van der Waals surface area contributed by atoms with Crippen molar-refractivity contribution in [2.24, 2.45) is 0 Å². The Labute approximate surface area is 140 Å². The maximum absolute atomic E-state index is 5.68. The van der Waals surface area contributed by atoms with Crippen LogP contribution in [0.3, 0.4) is 0 Å². The molecule has 2 aliphatic rings. The van der Waals surface area contributed by atoms with Gasteiger partial charge in [0, 0.05) is 44.5 Å². The maximum atomic E-state index is 5.68. The summed E-state index contributed by atoms with van der Waals surface area (Å²) in [7, 11) is 6.40. The van der Waals surface area contributed by atoms with Gasteiger partial charge >= 0.3 is 0 Å². The molecule has 1 aliphatic heterocycles. The number of nitrogens with zero attached hydrogens (tertiary/aromatic N) is 4. The van der Waals surface area contributed by atoms with Crippen LogP contribution in [-0.4, -0.2) is 62.3 Å². The normalized spacial score (nSPS) is 19.0. The van der Waals surface area contributed by atoms with Crippen LogP contribution in [0.5, 0.6) is 0 Å². The molecule has 0 atom stereocenters. The van der Waals surface area contributed by atoms with E-state index in [2.05, 4.69) is 30.9 Å². The van der Waals surface area contributed by atoms with E-state index >= 15 is 0 Å². The number of hydrogen-bond acceptors (Lipinski definition) is 5. The van der Waals surface area contributed by atoms with Gasteiger partial charge in [-0.2, -0.15) is 0 Å². The number of anilines is 1. The van der Waals surface area contributed by atoms with Crippen LogP contribution in [0.15, 0.2) is 0 Å². The number of fused-ring (bicyclic) bond motifs is 1. The molecule has 0 spiro atoms. The van der Waals surface area contributed by atoms with Crippen molar-refractivity contribution in [3.63, 3.8) is 0 Å². The summed E-state index contributed by atoms with van der Waals surface area (Å²) in [4.78, 5) is 14.5. The first-order valence-electron chi connectivity index (χ1n) is 8.98. The molecule has 1 aromatic heterocycles. The molecule has 3 rings (SSSR count). The van der Waals surface area contributed by atoms with Gasteiger partial charge in [0.15, 0.2) is 0 Å². The first-order valence-corrected chi connectivity index (χ1v) is 8.98. The van der Waals surface area contributed by atoms with Gasteiger partial charge in [0.25, 0.3) is 0 Å². The molecule has 1 aromatic rings. The lowest BCUT2D eigenvalue weighted by atomic mass is 10.0. The first kappa shape index (κ1) is 16.7. The zero-order chi connectivity index (χ0) is 16.2. The van der Waals surface area contributed by atoms with Crippen molar-refractivity contribution in [2.75, 3.05) is 52.3 Å². The maximum Gasteiger partial charge on any atom is 0.135 e. The lowest BCUT2D eigenvalue weighted by molar-refractivity contribution is 0.146. The number of hydrogen-bond donors (Lipinski definition) is 0. The van der Waals surface area contributed by atoms with E-state index in [4.69, 9.17) is 14.7 Å². The highest BCUT2D eigenvalue weighted by Gasteiger charge is 2.25. The van der Waals surface area contributed by atoms with Gasteiger partial charge in [0.2, 0.25) is 0 Å². The summed E-state index contributed by atoms with van der Waals surface area (Å²) in [5.74, 6) is 2.78. The third-order valence-corrected chi connectivity index (χ3v) is 5.03. The summed E-state index contributed by atoms with van der Waals surface area (Å²) in [6.07, 6.45) is 6.99. The van der Waals surface area contributed by atoms with Gasteiger partial charge in [-0.05, 0) is 26.9 Å². The van der Waals surface area contributed by atoms with E-state index in [-0.39, 0.29) is 0 Å². The molecule has 1 aliphatic carbocycles. The molecule has 23 heavy (non-hydrogen) atoms. The summed E-state index contributed by atoms with van der Waals surface area (Å²) in [5, 5.41) is 0. The van der Waals surface area contributed by atoms with Crippen molar-refractivity contribution in [3.05, 3.63) is 17.1 Å². The fourth-order valence-corrected chi connectivity index (χ4v) is 3.58. The highest BCUT2D eigenvalue weighted by Crippen LogP contribution is 2.34. The SMILES string of the molecule is CN(C)CCN(C)c1nc(C2CCCC2)nc2c1CCOCC2. The molecule has 2 heterocycles. The van der Waals surface area contributed by atoms with E-state index in [1.165, 1.54) is 36.9 Å². The Morgan fingerprint density at radius 2 is 1.74 bits per heavy atom. The van der Waals surface area contributed by atoms with Gasteiger partial charge in [-0.25, -0.2) is 9.97 Å². The molecule has 5 heteroatoms. The summed E-state index contributed by atoms with van der Waals surface area (Å²) in [5.41, 5.74) is 2.54. The number of ether oxygens (including phenoxy) is 1. The Hall–Kier alpha value is -1.20. The quantitative estimate of drug-likeness (QED) is 0.833. The van der Waals surface area contributed by atoms with Gasteiger partial charge in [-0.3, -0.25) is 0 Å². The highest BCUT2D eigenvalue weighted by molar-refractivity contribution is 5.49. The van der Waals surface area contributed by atoms with Gasteiger partial charge in [-0.15, -0.1) is 0 Å². The third kappa shape index (κ3) is 4.01. The van der Waals surface area contributed by atoms with E-state index in [0.29, 0.717) is 5.92 Å². The van der Waals surface area contributed by atoms with E-state index in [0.717, 1.165) is 50.8 Å². The summed E-state index contributed by atoms with van der Waals surface area (Å²) >= 11 is 0. The van der Waals surface area contributed by atoms with Crippen molar-refractivity contribution in [1.29, 1.82) is 0 Å². The number of rotatable bonds is 5. The standard InChI is InChI=1S/C18H30N4O/c1-21(2)10-11-22(3)18-15-8-12-23-13-9-16(15)19-17(20-18)14-6-4-5-7-14/h14H,4-13H2,1-3H3. The molecule has 0 aromatic carbocycles. The van der Waals surface area contributed by atoms with Crippen LogP contribution in [0.4, 0.5) is 5.82 Å². The van der Waals surface area contributed by atoms with Crippen molar-refractivity contribution < 1.29 is 4.74 Å². The van der Waals surface area contributed by atoms with Gasteiger partial charge < -0.3 is 14.5 Å². The fourth-order valence-electron chi connectivity index (χ4n) is 3.58. The Morgan fingerprint density at radius 1 is 1.00 bits per heavy atom. The lowest BCUT2D eigenvalue weighted by Crippen LogP contribution is -2.30. The van der Waals surface area contributed by atoms with E-state index in [9.17, 15) is 0 Å². The predicted molar refractivity (Wildman–Crippen MR) is 93.3 cm³/mol. The smallest absolute Gasteiger partial charge is 0.135 e. The molecule has 0 radical (unpaired) electrons. The van der Waals surface area contributed by atoms with Crippen LogP contribution in [0, 0.1) is 0 Å². The van der Waals surface area contributed by atoms with Gasteiger partial charge in [0.05, 0.1) is 18.9 Å². The van der Waals surface area contributed by atoms with Crippen molar-refractivity contribution in [3.8, 4) is 0 Å². The Morgan fingerprint density at radius 3 is 2.48 bits per heavy atom. The highest BCUT2D eigenvalue weighted by atomic mass is 16.5. The van der Waals surface area contributed by atoms with Crippen LogP contribution in [0.1, 0.15) is 48.7 Å². The molecular formula is C18H30N4O. The molecule has 0 N–H and O–H groups in total. The summed E-state index contributed by atoms with van der Waals surface area (Å²) < 4.78 is 5.68. The van der Waals surface area contributed by atoms with Crippen molar-refractivity contribution in [2.45, 2.75) is 44.4 Å². The van der Waals surface area contributed by atoms with Crippen LogP contribution < -0.4 is 4.90 Å². The van der Waals surface area contributed by atoms with Crippen LogP contribution in [0.25, 0.3) is 0 Å². The Kier molecular flexibility index (Phi) is 5.49. The average Bonchev–Trinajstić information content (AvgIpc) is 2.97. The first-order chi connectivity index (χ1) is 11.1. The number of aromatic nitrogens is 2. The zero-order valence-electron chi connectivity index (χ0n) is 14.8. The minimum Gasteiger partial charge on any atom is -0.381 e. The van der Waals surface area contributed by atoms with E-state index in [1.807, 2.05) is 0 Å². The van der Waals surface area contributed by atoms with E-state index < -0.39 is 0 Å².